The number of nitrogens with zero attached hydrogens (tertiary/aromatic N) is 2. The summed E-state index contributed by atoms with van der Waals surface area (Å²) >= 11 is 0. The van der Waals surface area contributed by atoms with Crippen LogP contribution in [0.2, 0.25) is 0 Å². The van der Waals surface area contributed by atoms with E-state index < -0.39 is 88.0 Å². The fourth-order valence-corrected chi connectivity index (χ4v) is 6.97. The summed E-state index contributed by atoms with van der Waals surface area (Å²) in [4.78, 5) is 94.3. The third kappa shape index (κ3) is 11.7. The summed E-state index contributed by atoms with van der Waals surface area (Å²) in [6.07, 6.45) is -0.490. The van der Waals surface area contributed by atoms with Crippen LogP contribution < -0.4 is 38.5 Å². The molecule has 11 N–H and O–H groups in total. The average molecular weight is 662 g/mol. The smallest absolute Gasteiger partial charge is 0.305 e. The Kier molecular flexibility index (Phi) is 14.2. The van der Waals surface area contributed by atoms with Gasteiger partial charge >= 0.3 is 5.97 Å². The number of primary amides is 1. The van der Waals surface area contributed by atoms with Crippen molar-refractivity contribution in [2.24, 2.45) is 22.2 Å². The van der Waals surface area contributed by atoms with Gasteiger partial charge in [0.1, 0.15) is 24.2 Å². The highest BCUT2D eigenvalue weighted by atomic mass is 33.1. The van der Waals surface area contributed by atoms with Crippen molar-refractivity contribution in [3.05, 3.63) is 0 Å². The fourth-order valence-electron chi connectivity index (χ4n) is 4.14. The molecule has 248 valence electrons. The minimum absolute atomic E-state index is 0.0684. The van der Waals surface area contributed by atoms with Crippen LogP contribution in [0.3, 0.4) is 0 Å². The van der Waals surface area contributed by atoms with Gasteiger partial charge in [0.05, 0.1) is 13.0 Å². The van der Waals surface area contributed by atoms with Crippen molar-refractivity contribution in [3.8, 4) is 0 Å². The molecule has 19 heteroatoms. The Labute approximate surface area is 263 Å². The highest BCUT2D eigenvalue weighted by molar-refractivity contribution is 8.77. The largest absolute Gasteiger partial charge is 0.481 e. The summed E-state index contributed by atoms with van der Waals surface area (Å²) in [5.74, 6) is -6.26. The molecule has 17 nitrogen and oxygen atoms in total. The van der Waals surface area contributed by atoms with Gasteiger partial charge in [-0.15, -0.1) is 0 Å². The molecule has 0 aliphatic carbocycles. The number of hydrogen-bond donors (Lipinski definition) is 8. The first-order valence-corrected chi connectivity index (χ1v) is 15.7. The normalized spacial score (nSPS) is 25.0. The number of aliphatic imine (C=N–C) groups is 1. The number of carbonyl (C=O) groups excluding carboxylic acids is 6. The van der Waals surface area contributed by atoms with Gasteiger partial charge in [-0.05, 0) is 40.5 Å². The molecule has 0 saturated carbocycles. The predicted molar refractivity (Wildman–Crippen MR) is 166 cm³/mol. The number of carbonyl (C=O) groups is 7. The number of likely N-dealkylation sites (N-methyl/N-ethyl adjacent to an activating group) is 1. The zero-order valence-corrected chi connectivity index (χ0v) is 27.2. The summed E-state index contributed by atoms with van der Waals surface area (Å²) in [6.45, 7) is 7.27. The zero-order valence-electron chi connectivity index (χ0n) is 25.6. The van der Waals surface area contributed by atoms with E-state index in [4.69, 9.17) is 17.2 Å². The molecule has 0 bridgehead atoms. The summed E-state index contributed by atoms with van der Waals surface area (Å²) in [7, 11) is 3.60. The number of amides is 6. The second-order valence-electron chi connectivity index (χ2n) is 11.2. The second-order valence-corrected chi connectivity index (χ2v) is 14.6. The van der Waals surface area contributed by atoms with Crippen LogP contribution in [0.1, 0.15) is 53.9 Å². The lowest BCUT2D eigenvalue weighted by Crippen LogP contribution is -2.60. The lowest BCUT2D eigenvalue weighted by atomic mass is 9.99. The molecule has 0 aromatic carbocycles. The topological polar surface area (TPSA) is 281 Å². The number of nitrogens with one attached hydrogen (secondary N) is 4. The van der Waals surface area contributed by atoms with Gasteiger partial charge in [0.2, 0.25) is 35.4 Å². The number of nitrogens with two attached hydrogens (primary N) is 3. The quantitative estimate of drug-likeness (QED) is 0.0574. The van der Waals surface area contributed by atoms with E-state index >= 15 is 0 Å². The summed E-state index contributed by atoms with van der Waals surface area (Å²) < 4.78 is -2.21. The summed E-state index contributed by atoms with van der Waals surface area (Å²) in [5.41, 5.74) is 16.4. The number of carboxylic acids is 1. The molecule has 0 unspecified atom stereocenters. The lowest BCUT2D eigenvalue weighted by Gasteiger charge is -2.39. The maximum Gasteiger partial charge on any atom is 0.305 e. The fraction of sp³-hybridized carbons (Fsp3) is 0.680. The van der Waals surface area contributed by atoms with E-state index in [9.17, 15) is 38.7 Å². The van der Waals surface area contributed by atoms with Gasteiger partial charge in [-0.2, -0.15) is 0 Å². The van der Waals surface area contributed by atoms with Crippen molar-refractivity contribution in [1.29, 1.82) is 0 Å². The molecule has 4 atom stereocenters. The zero-order chi connectivity index (χ0) is 34.0. The van der Waals surface area contributed by atoms with Crippen LogP contribution in [-0.2, 0) is 33.6 Å². The van der Waals surface area contributed by atoms with Gasteiger partial charge in [0.15, 0.2) is 5.96 Å². The van der Waals surface area contributed by atoms with Crippen molar-refractivity contribution < 1.29 is 38.7 Å². The van der Waals surface area contributed by atoms with Crippen molar-refractivity contribution in [2.45, 2.75) is 87.5 Å². The van der Waals surface area contributed by atoms with Crippen LogP contribution >= 0.6 is 21.6 Å². The molecule has 1 fully saturated rings. The second kappa shape index (κ2) is 16.4. The Balaban J connectivity index is 3.65. The Morgan fingerprint density at radius 2 is 1.61 bits per heavy atom. The van der Waals surface area contributed by atoms with Crippen molar-refractivity contribution in [1.82, 2.24) is 26.2 Å². The van der Waals surface area contributed by atoms with Crippen LogP contribution in [0.25, 0.3) is 0 Å². The maximum absolute atomic E-state index is 13.9. The van der Waals surface area contributed by atoms with Crippen LogP contribution in [0.4, 0.5) is 0 Å². The van der Waals surface area contributed by atoms with Gasteiger partial charge in [-0.25, -0.2) is 0 Å². The molecule has 1 heterocycles. The molecule has 0 aromatic rings. The van der Waals surface area contributed by atoms with E-state index in [1.807, 2.05) is 0 Å². The lowest BCUT2D eigenvalue weighted by molar-refractivity contribution is -0.143. The first kappa shape index (κ1) is 38.3. The Morgan fingerprint density at radius 3 is 2.14 bits per heavy atom. The van der Waals surface area contributed by atoms with Crippen molar-refractivity contribution in [3.63, 3.8) is 0 Å². The third-order valence-electron chi connectivity index (χ3n) is 6.53. The molecule has 1 saturated heterocycles. The number of rotatable bonds is 8. The van der Waals surface area contributed by atoms with Gasteiger partial charge in [-0.1, -0.05) is 21.6 Å². The van der Waals surface area contributed by atoms with Gasteiger partial charge in [0.25, 0.3) is 0 Å². The molecular formula is C25H43N9O8S2. The molecule has 1 aliphatic rings. The molecule has 0 spiro atoms. The van der Waals surface area contributed by atoms with E-state index in [0.29, 0.717) is 0 Å². The molecule has 1 aliphatic heterocycles. The molecule has 6 amide bonds. The van der Waals surface area contributed by atoms with Crippen molar-refractivity contribution >= 4 is 69.0 Å². The third-order valence-corrected chi connectivity index (χ3v) is 10.8. The van der Waals surface area contributed by atoms with Crippen LogP contribution in [0.5, 0.6) is 0 Å². The highest BCUT2D eigenvalue weighted by Gasteiger charge is 2.45. The minimum atomic E-state index is -1.61. The molecular weight excluding hydrogens is 618 g/mol. The van der Waals surface area contributed by atoms with Crippen LogP contribution in [0.15, 0.2) is 4.99 Å². The Morgan fingerprint density at radius 1 is 1.02 bits per heavy atom. The van der Waals surface area contributed by atoms with Crippen LogP contribution in [-0.4, -0.2) is 111 Å². The molecule has 0 aromatic heterocycles. The predicted octanol–water partition coefficient (Wildman–Crippen LogP) is -2.63. The molecule has 1 rings (SSSR count). The van der Waals surface area contributed by atoms with E-state index in [2.05, 4.69) is 26.3 Å². The Bertz CT molecular complexity index is 1160. The first-order valence-electron chi connectivity index (χ1n) is 13.5. The summed E-state index contributed by atoms with van der Waals surface area (Å²) in [5, 5.41) is 19.1. The monoisotopic (exact) mass is 661 g/mol. The van der Waals surface area contributed by atoms with E-state index in [1.54, 1.807) is 27.7 Å². The standard InChI is InChI=1S/C25H43N9O8S2/c1-12(35)31-18-22(42)34(6)14(8-7-9-29-23(27)28)21(41)30-11-15(36)32-13(10-16(37)38)20(40)33-17(19(26)39)24(2,3)43-44-25(18,4)5/h13-14,17-18H,7-11H2,1-6H3,(H2,26,39)(H,30,41)(H,31,35)(H,32,36)(H,33,40)(H,37,38)(H4,27,28,29)/t13-,14-,17-,18-/m0/s1. The molecule has 44 heavy (non-hydrogen) atoms. The molecule has 0 radical (unpaired) electrons. The van der Waals surface area contributed by atoms with Crippen LogP contribution in [0, 0.1) is 0 Å². The number of guanidine groups is 1. The average Bonchev–Trinajstić information content (AvgIpc) is 2.89. The maximum atomic E-state index is 13.9. The Hall–Kier alpha value is -3.74. The van der Waals surface area contributed by atoms with Gasteiger partial charge in [-0.3, -0.25) is 38.6 Å². The number of hydrogen-bond acceptors (Lipinski definition) is 10. The number of aliphatic carboxylic acids is 1. The highest BCUT2D eigenvalue weighted by Crippen LogP contribution is 2.46. The summed E-state index contributed by atoms with van der Waals surface area (Å²) in [6, 6.07) is -5.27. The first-order chi connectivity index (χ1) is 20.2. The van der Waals surface area contributed by atoms with Crippen molar-refractivity contribution in [2.75, 3.05) is 20.1 Å². The van der Waals surface area contributed by atoms with E-state index in [0.717, 1.165) is 26.5 Å². The minimum Gasteiger partial charge on any atom is -0.481 e. The number of carboxylic acid groups (broad SMARTS) is 1. The van der Waals surface area contributed by atoms with Gasteiger partial charge in [0, 0.05) is 30.0 Å². The van der Waals surface area contributed by atoms with E-state index in [-0.39, 0.29) is 25.3 Å². The van der Waals surface area contributed by atoms with E-state index in [1.165, 1.54) is 14.0 Å². The van der Waals surface area contributed by atoms with Gasteiger partial charge < -0.3 is 48.5 Å². The SMILES string of the molecule is CC(=O)N[C@H]1C(=O)N(C)[C@@H](CCCN=C(N)N)C(=O)NCC(=O)N[C@@H](CC(=O)O)C(=O)N[C@@H](C(N)=O)C(C)(C)SSC1(C)C.